The molecule has 2 aliphatic rings. The Balaban J connectivity index is 1.77. The van der Waals surface area contributed by atoms with Crippen LogP contribution in [0.5, 0.6) is 0 Å². The molecule has 2 heterocycles. The number of carbonyl (C=O) groups is 1. The second kappa shape index (κ2) is 8.63. The van der Waals surface area contributed by atoms with Crippen molar-refractivity contribution in [3.63, 3.8) is 0 Å². The lowest BCUT2D eigenvalue weighted by Crippen LogP contribution is -2.13. The number of sulfone groups is 1. The van der Waals surface area contributed by atoms with Crippen LogP contribution in [0, 0.1) is 0 Å². The van der Waals surface area contributed by atoms with Gasteiger partial charge in [0.15, 0.2) is 9.84 Å². The number of fused-ring (bicyclic) bond motifs is 2. The number of aryl methyl sites for hydroxylation is 1. The van der Waals surface area contributed by atoms with Gasteiger partial charge in [-0.1, -0.05) is 6.42 Å². The average Bonchev–Trinajstić information content (AvgIpc) is 3.06. The number of H-pyrrole nitrogens is 1. The molecule has 1 aromatic heterocycles. The van der Waals surface area contributed by atoms with Crippen molar-refractivity contribution in [2.24, 2.45) is 0 Å². The van der Waals surface area contributed by atoms with Gasteiger partial charge in [0.05, 0.1) is 10.5 Å². The number of benzene rings is 1. The fraction of sp³-hybridized carbons (Fsp3) is 0.458. The van der Waals surface area contributed by atoms with E-state index in [2.05, 4.69) is 29.3 Å². The van der Waals surface area contributed by atoms with E-state index in [1.54, 1.807) is 18.2 Å². The zero-order valence-electron chi connectivity index (χ0n) is 18.5. The van der Waals surface area contributed by atoms with Crippen LogP contribution in [-0.2, 0) is 33.9 Å². The highest BCUT2D eigenvalue weighted by molar-refractivity contribution is 7.90. The molecule has 31 heavy (non-hydrogen) atoms. The van der Waals surface area contributed by atoms with Crippen molar-refractivity contribution < 1.29 is 13.2 Å². The minimum absolute atomic E-state index is 0.190. The molecule has 6 nitrogen and oxygen atoms in total. The lowest BCUT2D eigenvalue weighted by molar-refractivity contribution is -0.110. The third-order valence-electron chi connectivity index (χ3n) is 6.22. The third kappa shape index (κ3) is 4.62. The molecule has 0 bridgehead atoms. The highest BCUT2D eigenvalue weighted by atomic mass is 32.2. The SMILES string of the molecule is CN(C)CCCc1c(C=C2C(=O)Nc3ccc(S(C)(=O)=O)cc32)[nH]c2c1CCCCC2. The monoisotopic (exact) mass is 441 g/mol. The van der Waals surface area contributed by atoms with Gasteiger partial charge < -0.3 is 15.2 Å². The van der Waals surface area contributed by atoms with Crippen molar-refractivity contribution in [3.05, 3.63) is 46.3 Å². The molecule has 1 aliphatic carbocycles. The normalized spacial score (nSPS) is 17.5. The summed E-state index contributed by atoms with van der Waals surface area (Å²) in [5.74, 6) is -0.190. The van der Waals surface area contributed by atoms with Gasteiger partial charge in [-0.3, -0.25) is 4.79 Å². The van der Waals surface area contributed by atoms with Crippen LogP contribution in [0.4, 0.5) is 5.69 Å². The van der Waals surface area contributed by atoms with Gasteiger partial charge in [0.1, 0.15) is 0 Å². The number of aromatic amines is 1. The van der Waals surface area contributed by atoms with E-state index >= 15 is 0 Å². The van der Waals surface area contributed by atoms with Gasteiger partial charge in [-0.15, -0.1) is 0 Å². The number of hydrogen-bond donors (Lipinski definition) is 2. The maximum absolute atomic E-state index is 12.8. The van der Waals surface area contributed by atoms with E-state index in [0.29, 0.717) is 16.8 Å². The zero-order chi connectivity index (χ0) is 22.2. The van der Waals surface area contributed by atoms with Crippen LogP contribution >= 0.6 is 0 Å². The van der Waals surface area contributed by atoms with Gasteiger partial charge in [0.2, 0.25) is 0 Å². The summed E-state index contributed by atoms with van der Waals surface area (Å²) in [6, 6.07) is 4.82. The van der Waals surface area contributed by atoms with E-state index in [4.69, 9.17) is 0 Å². The summed E-state index contributed by atoms with van der Waals surface area (Å²) < 4.78 is 24.1. The summed E-state index contributed by atoms with van der Waals surface area (Å²) in [5, 5.41) is 2.87. The van der Waals surface area contributed by atoms with Gasteiger partial charge in [-0.05, 0) is 94.6 Å². The van der Waals surface area contributed by atoms with Crippen LogP contribution in [0.15, 0.2) is 23.1 Å². The van der Waals surface area contributed by atoms with E-state index in [1.165, 1.54) is 42.3 Å². The molecule has 7 heteroatoms. The Bertz CT molecular complexity index is 1140. The van der Waals surface area contributed by atoms with Crippen molar-refractivity contribution in [1.29, 1.82) is 0 Å². The van der Waals surface area contributed by atoms with E-state index in [0.717, 1.165) is 37.9 Å². The summed E-state index contributed by atoms with van der Waals surface area (Å²) >= 11 is 0. The molecule has 1 amide bonds. The number of aromatic nitrogens is 1. The maximum Gasteiger partial charge on any atom is 0.256 e. The Morgan fingerprint density at radius 2 is 1.90 bits per heavy atom. The molecule has 2 N–H and O–H groups in total. The Morgan fingerprint density at radius 3 is 2.65 bits per heavy atom. The fourth-order valence-corrected chi connectivity index (χ4v) is 5.27. The summed E-state index contributed by atoms with van der Waals surface area (Å²) in [6.45, 7) is 1.01. The molecule has 2 aromatic rings. The molecule has 0 saturated heterocycles. The average molecular weight is 442 g/mol. The minimum atomic E-state index is -3.35. The molecule has 0 unspecified atom stereocenters. The molecule has 0 saturated carbocycles. The summed E-state index contributed by atoms with van der Waals surface area (Å²) in [6.07, 6.45) is 10.9. The molecule has 0 atom stereocenters. The number of hydrogen-bond acceptors (Lipinski definition) is 4. The van der Waals surface area contributed by atoms with E-state index in [-0.39, 0.29) is 10.8 Å². The summed E-state index contributed by atoms with van der Waals surface area (Å²) in [5.41, 5.74) is 6.85. The van der Waals surface area contributed by atoms with E-state index < -0.39 is 9.84 Å². The van der Waals surface area contributed by atoms with Crippen molar-refractivity contribution in [2.45, 2.75) is 49.8 Å². The molecule has 166 valence electrons. The predicted molar refractivity (Wildman–Crippen MR) is 125 cm³/mol. The quantitative estimate of drug-likeness (QED) is 0.529. The zero-order valence-corrected chi connectivity index (χ0v) is 19.4. The number of carbonyl (C=O) groups excluding carboxylic acids is 1. The molecule has 1 aliphatic heterocycles. The van der Waals surface area contributed by atoms with Crippen molar-refractivity contribution in [2.75, 3.05) is 32.2 Å². The van der Waals surface area contributed by atoms with Crippen LogP contribution in [0.2, 0.25) is 0 Å². The van der Waals surface area contributed by atoms with Crippen LogP contribution < -0.4 is 5.32 Å². The minimum Gasteiger partial charge on any atom is -0.358 e. The van der Waals surface area contributed by atoms with Crippen LogP contribution in [-0.4, -0.2) is 51.1 Å². The Morgan fingerprint density at radius 1 is 1.13 bits per heavy atom. The summed E-state index contributed by atoms with van der Waals surface area (Å²) in [7, 11) is 0.814. The van der Waals surface area contributed by atoms with Crippen LogP contribution in [0.3, 0.4) is 0 Å². The fourth-order valence-electron chi connectivity index (χ4n) is 4.62. The number of amides is 1. The second-order valence-electron chi connectivity index (χ2n) is 8.93. The summed E-state index contributed by atoms with van der Waals surface area (Å²) in [4.78, 5) is 18.8. The number of nitrogens with zero attached hydrogens (tertiary/aromatic N) is 1. The molecule has 4 rings (SSSR count). The Kier molecular flexibility index (Phi) is 6.08. The van der Waals surface area contributed by atoms with Gasteiger partial charge >= 0.3 is 0 Å². The highest BCUT2D eigenvalue weighted by Crippen LogP contribution is 2.36. The first kappa shape index (κ1) is 21.8. The maximum atomic E-state index is 12.8. The molecular formula is C24H31N3O3S. The van der Waals surface area contributed by atoms with Crippen molar-refractivity contribution in [3.8, 4) is 0 Å². The van der Waals surface area contributed by atoms with E-state index in [9.17, 15) is 13.2 Å². The highest BCUT2D eigenvalue weighted by Gasteiger charge is 2.27. The Hall–Kier alpha value is -2.38. The topological polar surface area (TPSA) is 82.3 Å². The molecule has 0 fully saturated rings. The first-order chi connectivity index (χ1) is 14.7. The van der Waals surface area contributed by atoms with Crippen LogP contribution in [0.1, 0.15) is 53.8 Å². The van der Waals surface area contributed by atoms with Gasteiger partial charge in [0.25, 0.3) is 5.91 Å². The lowest BCUT2D eigenvalue weighted by Gasteiger charge is -2.11. The predicted octanol–water partition coefficient (Wildman–Crippen LogP) is 3.67. The number of nitrogens with one attached hydrogen (secondary N) is 2. The van der Waals surface area contributed by atoms with Crippen molar-refractivity contribution in [1.82, 2.24) is 9.88 Å². The third-order valence-corrected chi connectivity index (χ3v) is 7.33. The van der Waals surface area contributed by atoms with E-state index in [1.807, 2.05) is 6.08 Å². The van der Waals surface area contributed by atoms with Gasteiger partial charge in [0, 0.05) is 28.9 Å². The van der Waals surface area contributed by atoms with Gasteiger partial charge in [-0.2, -0.15) is 0 Å². The first-order valence-corrected chi connectivity index (χ1v) is 12.9. The van der Waals surface area contributed by atoms with Gasteiger partial charge in [-0.25, -0.2) is 8.42 Å². The van der Waals surface area contributed by atoms with Crippen molar-refractivity contribution >= 4 is 33.1 Å². The number of rotatable bonds is 6. The first-order valence-electron chi connectivity index (χ1n) is 11.0. The smallest absolute Gasteiger partial charge is 0.256 e. The number of anilines is 1. The standard InChI is InChI=1S/C24H31N3O3S/c1-27(2)13-7-9-18-17-8-5-4-6-10-21(17)25-23(18)15-20-19-14-16(31(3,29)30)11-12-22(19)26-24(20)28/h11-12,14-15,25H,4-10,13H2,1-3H3,(H,26,28). The molecular weight excluding hydrogens is 410 g/mol. The largest absolute Gasteiger partial charge is 0.358 e. The second-order valence-corrected chi connectivity index (χ2v) is 10.9. The van der Waals surface area contributed by atoms with Crippen LogP contribution in [0.25, 0.3) is 11.6 Å². The molecule has 1 aromatic carbocycles. The Labute approximate surface area is 184 Å². The molecule has 0 radical (unpaired) electrons. The lowest BCUT2D eigenvalue weighted by atomic mass is 9.98. The molecule has 0 spiro atoms.